The summed E-state index contributed by atoms with van der Waals surface area (Å²) in [5.74, 6) is 1.05. The van der Waals surface area contributed by atoms with E-state index < -0.39 is 0 Å². The molecule has 0 bridgehead atoms. The molecule has 4 rings (SSSR count). The standard InChI is InChI=1S/C23H30O4/c1-5-20(26)27-19-7-6-16-15-10-13(2)17-11-14(24)8-9-22(17,3)21(15)18(25)12-23(16,19)4/h8-9,11,13,15-16,19,21H,5-7,10,12H2,1-4H3/t13-,15+,16+,19+,21-,22+,23+/m1/s1. The lowest BCUT2D eigenvalue weighted by atomic mass is 9.46. The summed E-state index contributed by atoms with van der Waals surface area (Å²) in [7, 11) is 0. The molecule has 0 aromatic rings. The number of rotatable bonds is 2. The van der Waals surface area contributed by atoms with Gasteiger partial charge in [-0.25, -0.2) is 0 Å². The summed E-state index contributed by atoms with van der Waals surface area (Å²) < 4.78 is 5.77. The SMILES string of the molecule is CCC(=O)O[C@H]1CC[C@H]2[C@@H]3C[C@@H](C)C4=CC(=O)C=C[C@]4(C)[C@H]3C(=O)C[C@]12C. The van der Waals surface area contributed by atoms with Crippen LogP contribution >= 0.6 is 0 Å². The Kier molecular flexibility index (Phi) is 4.25. The number of carbonyl (C=O) groups excluding carboxylic acids is 3. The van der Waals surface area contributed by atoms with Gasteiger partial charge in [0.25, 0.3) is 0 Å². The fourth-order valence-corrected chi connectivity index (χ4v) is 6.85. The fraction of sp³-hybridized carbons (Fsp3) is 0.696. The van der Waals surface area contributed by atoms with Gasteiger partial charge in [0, 0.05) is 29.6 Å². The van der Waals surface area contributed by atoms with Gasteiger partial charge in [0.1, 0.15) is 11.9 Å². The monoisotopic (exact) mass is 370 g/mol. The number of esters is 1. The molecule has 4 nitrogen and oxygen atoms in total. The molecule has 4 aliphatic carbocycles. The van der Waals surface area contributed by atoms with Gasteiger partial charge in [-0.1, -0.05) is 39.3 Å². The Balaban J connectivity index is 1.70. The molecule has 146 valence electrons. The van der Waals surface area contributed by atoms with Crippen molar-refractivity contribution in [3.63, 3.8) is 0 Å². The molecule has 4 aliphatic rings. The maximum atomic E-state index is 13.4. The van der Waals surface area contributed by atoms with Crippen molar-refractivity contribution < 1.29 is 19.1 Å². The Morgan fingerprint density at radius 2 is 2.00 bits per heavy atom. The molecular formula is C23H30O4. The lowest BCUT2D eigenvalue weighted by molar-refractivity contribution is -0.164. The summed E-state index contributed by atoms with van der Waals surface area (Å²) in [6, 6.07) is 0. The summed E-state index contributed by atoms with van der Waals surface area (Å²) in [5.41, 5.74) is 0.515. The highest BCUT2D eigenvalue weighted by Gasteiger charge is 2.63. The second-order valence-electron chi connectivity index (χ2n) is 9.56. The van der Waals surface area contributed by atoms with Crippen molar-refractivity contribution in [1.29, 1.82) is 0 Å². The first kappa shape index (κ1) is 18.6. The van der Waals surface area contributed by atoms with E-state index in [0.717, 1.165) is 24.8 Å². The summed E-state index contributed by atoms with van der Waals surface area (Å²) in [5, 5.41) is 0. The van der Waals surface area contributed by atoms with E-state index in [1.165, 1.54) is 0 Å². The normalized spacial score (nSPS) is 45.6. The fourth-order valence-electron chi connectivity index (χ4n) is 6.85. The molecule has 0 N–H and O–H groups in total. The van der Waals surface area contributed by atoms with Gasteiger partial charge in [0.05, 0.1) is 0 Å². The molecule has 0 unspecified atom stereocenters. The minimum atomic E-state index is -0.354. The van der Waals surface area contributed by atoms with E-state index in [2.05, 4.69) is 20.8 Å². The number of carbonyl (C=O) groups is 3. The van der Waals surface area contributed by atoms with Gasteiger partial charge < -0.3 is 4.74 Å². The third kappa shape index (κ3) is 2.59. The van der Waals surface area contributed by atoms with Gasteiger partial charge in [-0.05, 0) is 49.2 Å². The van der Waals surface area contributed by atoms with E-state index in [-0.39, 0.29) is 52.2 Å². The highest BCUT2D eigenvalue weighted by molar-refractivity contribution is 6.02. The van der Waals surface area contributed by atoms with Crippen molar-refractivity contribution in [1.82, 2.24) is 0 Å². The molecule has 0 radical (unpaired) electrons. The van der Waals surface area contributed by atoms with E-state index in [1.807, 2.05) is 13.0 Å². The molecule has 0 saturated heterocycles. The third-order valence-corrected chi connectivity index (χ3v) is 8.05. The quantitative estimate of drug-likeness (QED) is 0.688. The average Bonchev–Trinajstić information content (AvgIpc) is 2.92. The van der Waals surface area contributed by atoms with Crippen molar-refractivity contribution in [2.45, 2.75) is 65.9 Å². The number of ether oxygens (including phenoxy) is 1. The van der Waals surface area contributed by atoms with Crippen molar-refractivity contribution in [3.05, 3.63) is 23.8 Å². The van der Waals surface area contributed by atoms with Crippen molar-refractivity contribution in [2.24, 2.45) is 34.5 Å². The van der Waals surface area contributed by atoms with Gasteiger partial charge >= 0.3 is 5.97 Å². The van der Waals surface area contributed by atoms with Crippen LogP contribution in [0.4, 0.5) is 0 Å². The first-order chi connectivity index (χ1) is 12.7. The van der Waals surface area contributed by atoms with E-state index in [0.29, 0.717) is 18.8 Å². The smallest absolute Gasteiger partial charge is 0.305 e. The molecule has 0 aromatic heterocycles. The molecular weight excluding hydrogens is 340 g/mol. The topological polar surface area (TPSA) is 60.4 Å². The number of fused-ring (bicyclic) bond motifs is 5. The predicted molar refractivity (Wildman–Crippen MR) is 102 cm³/mol. The summed E-state index contributed by atoms with van der Waals surface area (Å²) in [4.78, 5) is 37.3. The zero-order valence-electron chi connectivity index (χ0n) is 16.8. The predicted octanol–water partition coefficient (Wildman–Crippen LogP) is 4.04. The van der Waals surface area contributed by atoms with Crippen LogP contribution in [0.1, 0.15) is 59.8 Å². The molecule has 3 saturated carbocycles. The Morgan fingerprint density at radius 3 is 2.70 bits per heavy atom. The summed E-state index contributed by atoms with van der Waals surface area (Å²) in [6.07, 6.45) is 8.89. The Morgan fingerprint density at radius 1 is 1.26 bits per heavy atom. The van der Waals surface area contributed by atoms with Crippen LogP contribution in [0.5, 0.6) is 0 Å². The van der Waals surface area contributed by atoms with Crippen LogP contribution in [0.15, 0.2) is 23.8 Å². The van der Waals surface area contributed by atoms with E-state index in [9.17, 15) is 14.4 Å². The highest BCUT2D eigenvalue weighted by Crippen LogP contribution is 2.64. The van der Waals surface area contributed by atoms with Crippen molar-refractivity contribution in [3.8, 4) is 0 Å². The van der Waals surface area contributed by atoms with Gasteiger partial charge in [-0.15, -0.1) is 0 Å². The average molecular weight is 370 g/mol. The highest BCUT2D eigenvalue weighted by atomic mass is 16.5. The van der Waals surface area contributed by atoms with Gasteiger partial charge in [0.2, 0.25) is 0 Å². The zero-order valence-corrected chi connectivity index (χ0v) is 16.8. The maximum Gasteiger partial charge on any atom is 0.305 e. The number of hydrogen-bond acceptors (Lipinski definition) is 4. The molecule has 0 heterocycles. The van der Waals surface area contributed by atoms with Crippen LogP contribution < -0.4 is 0 Å². The zero-order chi connectivity index (χ0) is 19.6. The van der Waals surface area contributed by atoms with Crippen LogP contribution in [-0.4, -0.2) is 23.6 Å². The molecule has 3 fully saturated rings. The van der Waals surface area contributed by atoms with E-state index in [4.69, 9.17) is 4.74 Å². The molecule has 7 atom stereocenters. The molecule has 27 heavy (non-hydrogen) atoms. The summed E-state index contributed by atoms with van der Waals surface area (Å²) in [6.45, 7) is 8.30. The number of allylic oxidation sites excluding steroid dienone is 4. The van der Waals surface area contributed by atoms with Gasteiger partial charge in [-0.2, -0.15) is 0 Å². The summed E-state index contributed by atoms with van der Waals surface area (Å²) >= 11 is 0. The molecule has 4 heteroatoms. The van der Waals surface area contributed by atoms with Crippen LogP contribution in [0, 0.1) is 34.5 Å². The number of hydrogen-bond donors (Lipinski definition) is 0. The van der Waals surface area contributed by atoms with Gasteiger partial charge in [0.15, 0.2) is 5.78 Å². The van der Waals surface area contributed by atoms with Crippen LogP contribution in [0.3, 0.4) is 0 Å². The second kappa shape index (κ2) is 6.15. The van der Waals surface area contributed by atoms with Crippen molar-refractivity contribution in [2.75, 3.05) is 0 Å². The van der Waals surface area contributed by atoms with Crippen LogP contribution in [-0.2, 0) is 19.1 Å². The Bertz CT molecular complexity index is 762. The van der Waals surface area contributed by atoms with Crippen molar-refractivity contribution >= 4 is 17.5 Å². The van der Waals surface area contributed by atoms with Gasteiger partial charge in [-0.3, -0.25) is 14.4 Å². The minimum absolute atomic E-state index is 0.0354. The Labute approximate surface area is 161 Å². The van der Waals surface area contributed by atoms with Crippen LogP contribution in [0.25, 0.3) is 0 Å². The van der Waals surface area contributed by atoms with E-state index >= 15 is 0 Å². The molecule has 0 amide bonds. The number of ketones is 2. The van der Waals surface area contributed by atoms with Crippen LogP contribution in [0.2, 0.25) is 0 Å². The first-order valence-electron chi connectivity index (χ1n) is 10.4. The minimum Gasteiger partial charge on any atom is -0.462 e. The van der Waals surface area contributed by atoms with E-state index in [1.54, 1.807) is 12.2 Å². The largest absolute Gasteiger partial charge is 0.462 e. The lowest BCUT2D eigenvalue weighted by Crippen LogP contribution is -2.56. The molecule has 0 spiro atoms. The second-order valence-corrected chi connectivity index (χ2v) is 9.56. The first-order valence-corrected chi connectivity index (χ1v) is 10.4. The third-order valence-electron chi connectivity index (χ3n) is 8.05. The lowest BCUT2D eigenvalue weighted by Gasteiger charge is -2.57. The number of Topliss-reactive ketones (excluding diaryl/α,β-unsaturated/α-hetero) is 1. The molecule has 0 aliphatic heterocycles. The Hall–Kier alpha value is -1.71. The molecule has 0 aromatic carbocycles. The maximum absolute atomic E-state index is 13.4.